The number of thioether (sulfide) groups is 1. The standard InChI is InChI=1S/C26H27F3NO4.C25H23F3N2O3S/c1-15-10-19-20(25(4,5)9-8-24(19,2)3)12-17(15)18-11-16(6-7-21(18)33-26(27,28)29)14-30-22(31)13-23(32)34-30;1-13-9-18-17(19(29-4)7-8-24(18,2)3)12-15(13)16-10-14(5-6-20(16)33-25(26,27)28)11-21-22(31)30-23(32)34-21/h6-7,10-12,14H,8-9,13H2,1-5H3;5-6,9-12H,7-8H2,1-4H3,(H,30,31,32)/q+1;/b30-14-;21-11-,29-19?. The molecule has 4 aromatic rings. The van der Waals surface area contributed by atoms with Crippen LogP contribution in [-0.4, -0.2) is 59.5 Å². The number of hydroxylamine groups is 1. The lowest BCUT2D eigenvalue weighted by Crippen LogP contribution is -2.34. The van der Waals surface area contributed by atoms with Crippen LogP contribution in [0.3, 0.4) is 0 Å². The number of carbonyl (C=O) groups is 4. The summed E-state index contributed by atoms with van der Waals surface area (Å²) in [5, 5.41) is 1.68. The van der Waals surface area contributed by atoms with Crippen molar-refractivity contribution in [1.29, 1.82) is 0 Å². The molecule has 10 nitrogen and oxygen atoms in total. The average molecular weight is 963 g/mol. The van der Waals surface area contributed by atoms with E-state index in [4.69, 9.17) is 4.84 Å². The smallest absolute Gasteiger partial charge is 0.405 e. The van der Waals surface area contributed by atoms with Gasteiger partial charge in [0.15, 0.2) is 6.42 Å². The van der Waals surface area contributed by atoms with E-state index < -0.39 is 35.7 Å². The number of rotatable bonds is 6. The predicted molar refractivity (Wildman–Crippen MR) is 247 cm³/mol. The van der Waals surface area contributed by atoms with Gasteiger partial charge in [-0.2, -0.15) is 4.84 Å². The van der Waals surface area contributed by atoms with Crippen molar-refractivity contribution >= 4 is 52.8 Å². The van der Waals surface area contributed by atoms with Crippen LogP contribution in [0.5, 0.6) is 11.5 Å². The Hall–Kier alpha value is -6.23. The fourth-order valence-corrected chi connectivity index (χ4v) is 9.74. The van der Waals surface area contributed by atoms with Gasteiger partial charge in [-0.05, 0) is 166 Å². The van der Waals surface area contributed by atoms with E-state index in [0.29, 0.717) is 22.3 Å². The topological polar surface area (TPSA) is 123 Å². The highest BCUT2D eigenvalue weighted by atomic mass is 32.2. The van der Waals surface area contributed by atoms with Crippen LogP contribution in [-0.2, 0) is 35.5 Å². The van der Waals surface area contributed by atoms with E-state index in [1.807, 2.05) is 32.0 Å². The summed E-state index contributed by atoms with van der Waals surface area (Å²) in [6, 6.07) is 16.2. The number of carbonyl (C=O) groups excluding carboxylic acids is 4. The van der Waals surface area contributed by atoms with E-state index in [1.54, 1.807) is 7.05 Å². The molecule has 358 valence electrons. The summed E-state index contributed by atoms with van der Waals surface area (Å²) in [5.41, 5.74) is 9.09. The zero-order valence-corrected chi connectivity index (χ0v) is 39.7. The van der Waals surface area contributed by atoms with Gasteiger partial charge < -0.3 is 9.47 Å². The maximum atomic E-state index is 13.2. The number of nitrogens with zero attached hydrogens (tertiary/aromatic N) is 2. The zero-order valence-electron chi connectivity index (χ0n) is 38.9. The molecule has 0 unspecified atom stereocenters. The summed E-state index contributed by atoms with van der Waals surface area (Å²) < 4.78 is 88.8. The number of halogens is 6. The molecule has 2 heterocycles. The number of nitrogens with one attached hydrogen (secondary N) is 1. The van der Waals surface area contributed by atoms with Gasteiger partial charge in [0, 0.05) is 29.4 Å². The van der Waals surface area contributed by atoms with Crippen LogP contribution in [0.4, 0.5) is 31.1 Å². The number of hydrogen-bond donors (Lipinski definition) is 1. The first-order valence-electron chi connectivity index (χ1n) is 21.7. The van der Waals surface area contributed by atoms with Crippen LogP contribution in [0.2, 0.25) is 0 Å². The first kappa shape index (κ1) is 49.7. The molecule has 4 aliphatic rings. The van der Waals surface area contributed by atoms with Crippen molar-refractivity contribution in [3.05, 3.63) is 110 Å². The normalized spacial score (nSPS) is 20.1. The maximum absolute atomic E-state index is 13.2. The first-order chi connectivity index (χ1) is 31.5. The van der Waals surface area contributed by atoms with E-state index in [2.05, 4.69) is 67.4 Å². The van der Waals surface area contributed by atoms with Gasteiger partial charge in [0.1, 0.15) is 11.5 Å². The van der Waals surface area contributed by atoms with Gasteiger partial charge >= 0.3 is 24.6 Å². The molecule has 17 heteroatoms. The van der Waals surface area contributed by atoms with Gasteiger partial charge in [0.25, 0.3) is 11.1 Å². The average Bonchev–Trinajstić information content (AvgIpc) is 3.72. The number of benzene rings is 4. The fraction of sp³-hybridized carbons (Fsp3) is 0.373. The van der Waals surface area contributed by atoms with Crippen LogP contribution >= 0.6 is 11.8 Å². The van der Waals surface area contributed by atoms with Gasteiger partial charge in [-0.1, -0.05) is 59.7 Å². The highest BCUT2D eigenvalue weighted by Crippen LogP contribution is 2.49. The second-order valence-corrected chi connectivity index (χ2v) is 20.2. The summed E-state index contributed by atoms with van der Waals surface area (Å²) >= 11 is 0.744. The number of fused-ring (bicyclic) bond motifs is 2. The van der Waals surface area contributed by atoms with Crippen LogP contribution in [0.15, 0.2) is 70.6 Å². The van der Waals surface area contributed by atoms with E-state index in [0.717, 1.165) is 75.7 Å². The third-order valence-electron chi connectivity index (χ3n) is 12.8. The molecule has 2 fully saturated rings. The Morgan fingerprint density at radius 1 is 0.676 bits per heavy atom. The second-order valence-electron chi connectivity index (χ2n) is 19.2. The van der Waals surface area contributed by atoms with Crippen LogP contribution in [0.25, 0.3) is 28.3 Å². The highest BCUT2D eigenvalue weighted by Gasteiger charge is 2.40. The third-order valence-corrected chi connectivity index (χ3v) is 13.7. The van der Waals surface area contributed by atoms with Crippen molar-refractivity contribution in [3.8, 4) is 33.8 Å². The molecule has 0 radical (unpaired) electrons. The largest absolute Gasteiger partial charge is 0.573 e. The van der Waals surface area contributed by atoms with Crippen molar-refractivity contribution in [2.45, 2.75) is 116 Å². The molecule has 68 heavy (non-hydrogen) atoms. The molecule has 1 N–H and O–H groups in total. The minimum atomic E-state index is -4.87. The number of hydrogen-bond acceptors (Lipinski definition) is 9. The number of alkyl halides is 6. The summed E-state index contributed by atoms with van der Waals surface area (Å²) in [7, 11) is 1.72. The minimum absolute atomic E-state index is 0.0466. The lowest BCUT2D eigenvalue weighted by molar-refractivity contribution is -0.677. The lowest BCUT2D eigenvalue weighted by atomic mass is 9.62. The number of imide groups is 1. The van der Waals surface area contributed by atoms with Crippen LogP contribution in [0, 0.1) is 13.8 Å². The molecule has 0 atom stereocenters. The summed E-state index contributed by atoms with van der Waals surface area (Å²) in [4.78, 5) is 56.2. The van der Waals surface area contributed by atoms with E-state index >= 15 is 0 Å². The van der Waals surface area contributed by atoms with E-state index in [1.165, 1.54) is 54.3 Å². The SMILES string of the molecule is CN=C1CCC(C)(C)c2cc(C)c(-c3cc(/C=C4\SC(=O)NC4=O)ccc3OC(F)(F)F)cc21.Cc1cc2c(cc1-c1cc(/C=[N+]3\OC(=O)CC3=O)ccc1OC(F)(F)F)C(C)(C)CCC2(C)C. The van der Waals surface area contributed by atoms with Crippen LogP contribution < -0.4 is 14.8 Å². The molecule has 2 aliphatic carbocycles. The Morgan fingerprint density at radius 2 is 1.19 bits per heavy atom. The molecule has 2 aliphatic heterocycles. The van der Waals surface area contributed by atoms with Gasteiger partial charge in [0.05, 0.1) is 9.64 Å². The van der Waals surface area contributed by atoms with Crippen molar-refractivity contribution in [2.24, 2.45) is 4.99 Å². The summed E-state index contributed by atoms with van der Waals surface area (Å²) in [6.45, 7) is 16.7. The molecule has 8 rings (SSSR count). The Morgan fingerprint density at radius 3 is 1.71 bits per heavy atom. The van der Waals surface area contributed by atoms with Gasteiger partial charge in [-0.15, -0.1) is 26.3 Å². The van der Waals surface area contributed by atoms with E-state index in [9.17, 15) is 45.5 Å². The third kappa shape index (κ3) is 10.7. The Balaban J connectivity index is 0.000000201. The number of aliphatic imine (C=N–C) groups is 1. The molecule has 0 saturated carbocycles. The van der Waals surface area contributed by atoms with Gasteiger partial charge in [-0.25, -0.2) is 9.59 Å². The monoisotopic (exact) mass is 962 g/mol. The zero-order chi connectivity index (χ0) is 49.9. The predicted octanol–water partition coefficient (Wildman–Crippen LogP) is 12.1. The number of amides is 3. The number of aryl methyl sites for hydroxylation is 2. The van der Waals surface area contributed by atoms with Crippen molar-refractivity contribution in [1.82, 2.24) is 5.32 Å². The Labute approximate surface area is 393 Å². The fourth-order valence-electron chi connectivity index (χ4n) is 9.06. The lowest BCUT2D eigenvalue weighted by Gasteiger charge is -2.42. The quantitative estimate of drug-likeness (QED) is 0.0666. The molecule has 0 aromatic heterocycles. The molecule has 4 aromatic carbocycles. The Bertz CT molecular complexity index is 2880. The van der Waals surface area contributed by atoms with Gasteiger partial charge in [-0.3, -0.25) is 19.9 Å². The molecule has 0 spiro atoms. The van der Waals surface area contributed by atoms with Crippen LogP contribution in [0.1, 0.15) is 118 Å². The second kappa shape index (κ2) is 18.0. The Kier molecular flexibility index (Phi) is 13.2. The maximum Gasteiger partial charge on any atom is 0.573 e. The molecule has 3 amide bonds. The molecular weight excluding hydrogens is 913 g/mol. The van der Waals surface area contributed by atoms with E-state index in [-0.39, 0.29) is 50.2 Å². The molecular formula is C51H50F6N3O7S+. The highest BCUT2D eigenvalue weighted by molar-refractivity contribution is 8.18. The van der Waals surface area contributed by atoms with Crippen molar-refractivity contribution in [2.75, 3.05) is 7.05 Å². The first-order valence-corrected chi connectivity index (χ1v) is 22.6. The minimum Gasteiger partial charge on any atom is -0.405 e. The van der Waals surface area contributed by atoms with Crippen molar-refractivity contribution < 1.29 is 64.6 Å². The van der Waals surface area contributed by atoms with Gasteiger partial charge in [0.2, 0.25) is 6.21 Å². The summed E-state index contributed by atoms with van der Waals surface area (Å²) in [6.07, 6.45) is -3.69. The van der Waals surface area contributed by atoms with Crippen molar-refractivity contribution in [3.63, 3.8) is 0 Å². The summed E-state index contributed by atoms with van der Waals surface area (Å²) in [5.74, 6) is -2.46. The number of ether oxygens (including phenoxy) is 2. The molecule has 0 bridgehead atoms. The molecule has 2 saturated heterocycles.